The van der Waals surface area contributed by atoms with Crippen molar-refractivity contribution in [2.45, 2.75) is 25.8 Å². The summed E-state index contributed by atoms with van der Waals surface area (Å²) in [5.41, 5.74) is -0.423. The Kier molecular flexibility index (Phi) is 11.7. The van der Waals surface area contributed by atoms with Gasteiger partial charge in [-0.25, -0.2) is 8.78 Å². The van der Waals surface area contributed by atoms with Gasteiger partial charge in [-0.05, 0) is 44.9 Å². The van der Waals surface area contributed by atoms with E-state index in [4.69, 9.17) is 19.8 Å². The van der Waals surface area contributed by atoms with Gasteiger partial charge in [-0.1, -0.05) is 6.07 Å². The van der Waals surface area contributed by atoms with E-state index < -0.39 is 23.1 Å². The number of carbonyl (C=O) groups is 3. The van der Waals surface area contributed by atoms with Crippen LogP contribution in [0.25, 0.3) is 0 Å². The fraction of sp³-hybridized carbons (Fsp3) is 0.571. The number of likely N-dealkylation sites (tertiary alicyclic amines) is 1. The Hall–Kier alpha value is -2.59. The Bertz CT molecular complexity index is 688. The number of piperazine rings is 1. The summed E-state index contributed by atoms with van der Waals surface area (Å²) in [6.07, 6.45) is 1.78. The summed E-state index contributed by atoms with van der Waals surface area (Å²) in [6, 6.07) is 4.10. The highest BCUT2D eigenvalue weighted by Crippen LogP contribution is 2.23. The third kappa shape index (κ3) is 8.22. The predicted molar refractivity (Wildman–Crippen MR) is 111 cm³/mol. The van der Waals surface area contributed by atoms with E-state index in [1.165, 1.54) is 6.07 Å². The summed E-state index contributed by atoms with van der Waals surface area (Å²) in [6.45, 7) is 7.20. The van der Waals surface area contributed by atoms with Gasteiger partial charge in [-0.15, -0.1) is 0 Å². The van der Waals surface area contributed by atoms with Crippen molar-refractivity contribution in [3.05, 3.63) is 35.4 Å². The predicted octanol–water partition coefficient (Wildman–Crippen LogP) is 1.85. The SMILES string of the molecule is CC1CN(C)CCN1CC1CCN(C(=O)c2c(F)cccc2F)CC1.O=CO.O=CO. The molecule has 0 saturated carbocycles. The maximum Gasteiger partial charge on any atom is 0.290 e. The summed E-state index contributed by atoms with van der Waals surface area (Å²) < 4.78 is 27.6. The molecule has 1 unspecified atom stereocenters. The molecule has 3 rings (SSSR count). The lowest BCUT2D eigenvalue weighted by atomic mass is 9.94. The molecular formula is C21H31F2N3O5. The first-order valence-electron chi connectivity index (χ1n) is 10.1. The molecule has 0 spiro atoms. The molecule has 2 aliphatic heterocycles. The van der Waals surface area contributed by atoms with E-state index in [9.17, 15) is 13.6 Å². The van der Waals surface area contributed by atoms with Crippen molar-refractivity contribution >= 4 is 18.9 Å². The average Bonchev–Trinajstić information content (AvgIpc) is 2.72. The number of carboxylic acid groups (broad SMARTS) is 2. The number of rotatable bonds is 3. The van der Waals surface area contributed by atoms with Crippen molar-refractivity contribution < 1.29 is 33.4 Å². The van der Waals surface area contributed by atoms with Crippen LogP contribution >= 0.6 is 0 Å². The van der Waals surface area contributed by atoms with Gasteiger partial charge in [0, 0.05) is 45.3 Å². The molecule has 10 heteroatoms. The Morgan fingerprint density at radius 3 is 2.06 bits per heavy atom. The lowest BCUT2D eigenvalue weighted by molar-refractivity contribution is -0.123. The summed E-state index contributed by atoms with van der Waals surface area (Å²) >= 11 is 0. The van der Waals surface area contributed by atoms with Crippen molar-refractivity contribution in [3.8, 4) is 0 Å². The number of likely N-dealkylation sites (N-methyl/N-ethyl adjacent to an activating group) is 1. The van der Waals surface area contributed by atoms with Gasteiger partial charge in [-0.2, -0.15) is 0 Å². The molecule has 1 amide bonds. The summed E-state index contributed by atoms with van der Waals surface area (Å²) in [7, 11) is 2.15. The molecule has 0 aliphatic carbocycles. The standard InChI is InChI=1S/C19H27F2N3O.2CH2O2/c1-14-12-22(2)10-11-24(14)13-15-6-8-23(9-7-15)19(25)18-16(20)4-3-5-17(18)21;2*2-1-3/h3-5,14-15H,6-13H2,1-2H3;2*1H,(H,2,3). The normalized spacial score (nSPS) is 20.0. The van der Waals surface area contributed by atoms with Crippen LogP contribution in [-0.4, -0.2) is 96.1 Å². The number of piperidine rings is 1. The van der Waals surface area contributed by atoms with Crippen LogP contribution in [0.15, 0.2) is 18.2 Å². The topological polar surface area (TPSA) is 101 Å². The van der Waals surface area contributed by atoms with Gasteiger partial charge in [0.25, 0.3) is 18.9 Å². The first-order chi connectivity index (χ1) is 14.8. The van der Waals surface area contributed by atoms with E-state index >= 15 is 0 Å². The second kappa shape index (κ2) is 13.7. The Labute approximate surface area is 181 Å². The number of hydrogen-bond acceptors (Lipinski definition) is 5. The number of amides is 1. The van der Waals surface area contributed by atoms with Gasteiger partial charge in [0.1, 0.15) is 17.2 Å². The zero-order chi connectivity index (χ0) is 23.4. The molecule has 2 saturated heterocycles. The molecule has 2 fully saturated rings. The number of carbonyl (C=O) groups excluding carboxylic acids is 1. The minimum atomic E-state index is -0.779. The smallest absolute Gasteiger partial charge is 0.290 e. The minimum Gasteiger partial charge on any atom is -0.483 e. The highest BCUT2D eigenvalue weighted by Gasteiger charge is 2.30. The van der Waals surface area contributed by atoms with E-state index in [0.717, 1.165) is 51.2 Å². The lowest BCUT2D eigenvalue weighted by Gasteiger charge is -2.41. The second-order valence-electron chi connectivity index (χ2n) is 7.65. The maximum absolute atomic E-state index is 13.8. The van der Waals surface area contributed by atoms with Crippen molar-refractivity contribution in [2.75, 3.05) is 46.3 Å². The number of hydrogen-bond donors (Lipinski definition) is 2. The van der Waals surface area contributed by atoms with Crippen LogP contribution in [0.2, 0.25) is 0 Å². The Morgan fingerprint density at radius 1 is 1.06 bits per heavy atom. The first-order valence-corrected chi connectivity index (χ1v) is 10.1. The molecule has 2 N–H and O–H groups in total. The summed E-state index contributed by atoms with van der Waals surface area (Å²) in [4.78, 5) is 35.6. The van der Waals surface area contributed by atoms with Crippen LogP contribution in [0.4, 0.5) is 8.78 Å². The van der Waals surface area contributed by atoms with Gasteiger partial charge in [0.05, 0.1) is 0 Å². The van der Waals surface area contributed by atoms with Crippen molar-refractivity contribution in [3.63, 3.8) is 0 Å². The molecule has 2 aliphatic rings. The third-order valence-corrected chi connectivity index (χ3v) is 5.54. The molecule has 0 radical (unpaired) electrons. The molecule has 2 heterocycles. The molecular weight excluding hydrogens is 412 g/mol. The van der Waals surface area contributed by atoms with Crippen LogP contribution in [0.3, 0.4) is 0 Å². The fourth-order valence-electron chi connectivity index (χ4n) is 3.96. The average molecular weight is 443 g/mol. The molecule has 174 valence electrons. The molecule has 0 aromatic heterocycles. The third-order valence-electron chi connectivity index (χ3n) is 5.54. The van der Waals surface area contributed by atoms with E-state index in [1.54, 1.807) is 4.90 Å². The van der Waals surface area contributed by atoms with Gasteiger partial charge >= 0.3 is 0 Å². The molecule has 8 nitrogen and oxygen atoms in total. The summed E-state index contributed by atoms with van der Waals surface area (Å²) in [5, 5.41) is 13.8. The van der Waals surface area contributed by atoms with Crippen molar-refractivity contribution in [1.29, 1.82) is 0 Å². The lowest BCUT2D eigenvalue weighted by Crippen LogP contribution is -2.52. The molecule has 1 atom stereocenters. The van der Waals surface area contributed by atoms with Crippen LogP contribution in [0.1, 0.15) is 30.1 Å². The summed E-state index contributed by atoms with van der Waals surface area (Å²) in [5.74, 6) is -1.54. The van der Waals surface area contributed by atoms with Crippen LogP contribution in [0.5, 0.6) is 0 Å². The Morgan fingerprint density at radius 2 is 1.58 bits per heavy atom. The van der Waals surface area contributed by atoms with E-state index in [2.05, 4.69) is 23.8 Å². The fourth-order valence-corrected chi connectivity index (χ4v) is 3.96. The number of benzene rings is 1. The van der Waals surface area contributed by atoms with Gasteiger partial charge in [-0.3, -0.25) is 19.3 Å². The van der Waals surface area contributed by atoms with Crippen molar-refractivity contribution in [2.24, 2.45) is 5.92 Å². The van der Waals surface area contributed by atoms with Crippen LogP contribution in [-0.2, 0) is 9.59 Å². The molecule has 31 heavy (non-hydrogen) atoms. The van der Waals surface area contributed by atoms with E-state index in [1.807, 2.05) is 0 Å². The quantitative estimate of drug-likeness (QED) is 0.688. The van der Waals surface area contributed by atoms with Gasteiger partial charge < -0.3 is 20.0 Å². The molecule has 1 aromatic carbocycles. The van der Waals surface area contributed by atoms with E-state index in [-0.39, 0.29) is 12.9 Å². The monoisotopic (exact) mass is 443 g/mol. The number of nitrogens with zero attached hydrogens (tertiary/aromatic N) is 3. The first kappa shape index (κ1) is 26.4. The zero-order valence-corrected chi connectivity index (χ0v) is 17.9. The second-order valence-corrected chi connectivity index (χ2v) is 7.65. The van der Waals surface area contributed by atoms with Crippen LogP contribution < -0.4 is 0 Å². The minimum absolute atomic E-state index is 0.250. The number of halogens is 2. The molecule has 0 bridgehead atoms. The highest BCUT2D eigenvalue weighted by molar-refractivity contribution is 5.94. The van der Waals surface area contributed by atoms with Crippen LogP contribution in [0, 0.1) is 17.6 Å². The highest BCUT2D eigenvalue weighted by atomic mass is 19.1. The maximum atomic E-state index is 13.8. The Balaban J connectivity index is 0.000000720. The molecule has 1 aromatic rings. The van der Waals surface area contributed by atoms with Gasteiger partial charge in [0.2, 0.25) is 0 Å². The zero-order valence-electron chi connectivity index (χ0n) is 17.9. The van der Waals surface area contributed by atoms with E-state index in [0.29, 0.717) is 25.0 Å². The largest absolute Gasteiger partial charge is 0.483 e. The van der Waals surface area contributed by atoms with Gasteiger partial charge in [0.15, 0.2) is 0 Å². The van der Waals surface area contributed by atoms with Crippen molar-refractivity contribution in [1.82, 2.24) is 14.7 Å².